The minimum absolute atomic E-state index is 0.795. The summed E-state index contributed by atoms with van der Waals surface area (Å²) in [6.45, 7) is 0. The lowest BCUT2D eigenvalue weighted by Gasteiger charge is -2.05. The summed E-state index contributed by atoms with van der Waals surface area (Å²) >= 11 is 0. The number of rotatable bonds is 1. The molecule has 16 heavy (non-hydrogen) atoms. The molecule has 0 spiro atoms. The van der Waals surface area contributed by atoms with Crippen LogP contribution in [0.4, 0.5) is 0 Å². The maximum atomic E-state index is 5.02. The second-order valence-corrected chi connectivity index (χ2v) is 3.81. The summed E-state index contributed by atoms with van der Waals surface area (Å²) < 4.78 is 5.02. The van der Waals surface area contributed by atoms with E-state index in [9.17, 15) is 0 Å². The first-order valence-corrected chi connectivity index (χ1v) is 5.22. The fourth-order valence-electron chi connectivity index (χ4n) is 2.07. The fraction of sp³-hybridized carbons (Fsp3) is 0. The van der Waals surface area contributed by atoms with Gasteiger partial charge in [-0.15, -0.1) is 0 Å². The molecule has 0 heterocycles. The van der Waals surface area contributed by atoms with Crippen LogP contribution in [0, 0.1) is 7.11 Å². The topological polar surface area (TPSA) is 9.23 Å². The van der Waals surface area contributed by atoms with Gasteiger partial charge in [-0.1, -0.05) is 42.5 Å². The van der Waals surface area contributed by atoms with E-state index in [4.69, 9.17) is 4.74 Å². The van der Waals surface area contributed by atoms with Crippen LogP contribution in [0.2, 0.25) is 0 Å². The Labute approximate surface area is 94.3 Å². The van der Waals surface area contributed by atoms with Gasteiger partial charge in [0.15, 0.2) is 0 Å². The van der Waals surface area contributed by atoms with E-state index in [0.29, 0.717) is 0 Å². The van der Waals surface area contributed by atoms with Gasteiger partial charge < -0.3 is 4.74 Å². The van der Waals surface area contributed by atoms with Crippen LogP contribution in [0.25, 0.3) is 21.5 Å². The first kappa shape index (κ1) is 9.22. The van der Waals surface area contributed by atoms with Gasteiger partial charge in [-0.2, -0.15) is 0 Å². The van der Waals surface area contributed by atoms with E-state index in [-0.39, 0.29) is 0 Å². The third-order valence-electron chi connectivity index (χ3n) is 2.88. The van der Waals surface area contributed by atoms with Crippen molar-refractivity contribution in [3.63, 3.8) is 0 Å². The second kappa shape index (κ2) is 3.53. The van der Waals surface area contributed by atoms with Crippen molar-refractivity contribution >= 4 is 21.5 Å². The molecule has 0 N–H and O–H groups in total. The highest BCUT2D eigenvalue weighted by molar-refractivity contribution is 6.07. The van der Waals surface area contributed by atoms with Gasteiger partial charge >= 0.3 is 0 Å². The molecule has 0 fully saturated rings. The molecule has 0 aliphatic rings. The smallest absolute Gasteiger partial charge is 0.122 e. The normalized spacial score (nSPS) is 10.8. The third-order valence-corrected chi connectivity index (χ3v) is 2.88. The molecule has 0 aliphatic heterocycles. The summed E-state index contributed by atoms with van der Waals surface area (Å²) in [5.41, 5.74) is 0. The van der Waals surface area contributed by atoms with Gasteiger partial charge in [-0.05, 0) is 33.7 Å². The van der Waals surface area contributed by atoms with Crippen molar-refractivity contribution in [2.24, 2.45) is 0 Å². The molecule has 0 bridgehead atoms. The monoisotopic (exact) mass is 207 g/mol. The van der Waals surface area contributed by atoms with E-state index in [2.05, 4.69) is 49.6 Å². The summed E-state index contributed by atoms with van der Waals surface area (Å²) in [4.78, 5) is 0. The van der Waals surface area contributed by atoms with Crippen LogP contribution >= 0.6 is 0 Å². The largest absolute Gasteiger partial charge is 0.490 e. The predicted molar refractivity (Wildman–Crippen MR) is 67.4 cm³/mol. The first-order chi connectivity index (χ1) is 7.88. The molecular formula is C15H11O. The molecule has 77 valence electrons. The Balaban J connectivity index is 2.47. The standard InChI is InChI=1S/C15H11O/c1-16-13-9-8-12-7-6-11-4-2-3-5-14(11)15(12)10-13/h2-10H,1H2. The van der Waals surface area contributed by atoms with Crippen molar-refractivity contribution in [3.05, 3.63) is 61.7 Å². The molecule has 0 saturated carbocycles. The molecule has 3 aromatic rings. The van der Waals surface area contributed by atoms with Crippen LogP contribution in [0.3, 0.4) is 0 Å². The zero-order valence-electron chi connectivity index (χ0n) is 8.81. The Morgan fingerprint density at radius 2 is 1.44 bits per heavy atom. The highest BCUT2D eigenvalue weighted by Crippen LogP contribution is 2.28. The average molecular weight is 207 g/mol. The lowest BCUT2D eigenvalue weighted by Crippen LogP contribution is -1.81. The first-order valence-electron chi connectivity index (χ1n) is 5.22. The highest BCUT2D eigenvalue weighted by Gasteiger charge is 2.01. The SMILES string of the molecule is [CH2]Oc1ccc2ccc3ccccc3c2c1. The molecular weight excluding hydrogens is 196 g/mol. The number of hydrogen-bond acceptors (Lipinski definition) is 1. The highest BCUT2D eigenvalue weighted by atomic mass is 16.5. The molecule has 0 saturated heterocycles. The van der Waals surface area contributed by atoms with E-state index in [1.54, 1.807) is 0 Å². The van der Waals surface area contributed by atoms with Gasteiger partial charge in [0.05, 0.1) is 0 Å². The van der Waals surface area contributed by atoms with Crippen LogP contribution in [0.5, 0.6) is 5.75 Å². The molecule has 0 unspecified atom stereocenters. The lowest BCUT2D eigenvalue weighted by molar-refractivity contribution is 0.474. The minimum Gasteiger partial charge on any atom is -0.490 e. The maximum Gasteiger partial charge on any atom is 0.122 e. The van der Waals surface area contributed by atoms with Crippen LogP contribution < -0.4 is 4.74 Å². The van der Waals surface area contributed by atoms with Crippen LogP contribution in [-0.2, 0) is 0 Å². The molecule has 1 nitrogen and oxygen atoms in total. The molecule has 1 heteroatoms. The Bertz CT molecular complexity index is 656. The van der Waals surface area contributed by atoms with Gasteiger partial charge in [-0.3, -0.25) is 0 Å². The molecule has 0 atom stereocenters. The number of benzene rings is 3. The quantitative estimate of drug-likeness (QED) is 0.544. The number of fused-ring (bicyclic) bond motifs is 3. The van der Waals surface area contributed by atoms with Gasteiger partial charge in [-0.25, -0.2) is 0 Å². The van der Waals surface area contributed by atoms with Gasteiger partial charge in [0, 0.05) is 0 Å². The molecule has 0 amide bonds. The van der Waals surface area contributed by atoms with Gasteiger partial charge in [0.25, 0.3) is 0 Å². The van der Waals surface area contributed by atoms with E-state index >= 15 is 0 Å². The summed E-state index contributed by atoms with van der Waals surface area (Å²) in [5, 5.41) is 4.92. The number of ether oxygens (including phenoxy) is 1. The Kier molecular flexibility index (Phi) is 2.03. The van der Waals surface area contributed by atoms with Crippen molar-refractivity contribution in [1.82, 2.24) is 0 Å². The fourth-order valence-corrected chi connectivity index (χ4v) is 2.07. The summed E-state index contributed by atoms with van der Waals surface area (Å²) in [5.74, 6) is 0.795. The average Bonchev–Trinajstić information content (AvgIpc) is 2.38. The zero-order chi connectivity index (χ0) is 11.0. The lowest BCUT2D eigenvalue weighted by atomic mass is 10.0. The van der Waals surface area contributed by atoms with Gasteiger partial charge in [0.1, 0.15) is 12.9 Å². The summed E-state index contributed by atoms with van der Waals surface area (Å²) in [6.07, 6.45) is 0. The molecule has 3 aromatic carbocycles. The molecule has 0 aliphatic carbocycles. The predicted octanol–water partition coefficient (Wildman–Crippen LogP) is 4.16. The van der Waals surface area contributed by atoms with Gasteiger partial charge in [0.2, 0.25) is 0 Å². The maximum absolute atomic E-state index is 5.02. The van der Waals surface area contributed by atoms with Crippen LogP contribution in [0.1, 0.15) is 0 Å². The summed E-state index contributed by atoms with van der Waals surface area (Å²) in [6, 6.07) is 18.6. The molecule has 3 rings (SSSR count). The van der Waals surface area contributed by atoms with E-state index in [1.807, 2.05) is 12.1 Å². The van der Waals surface area contributed by atoms with Crippen molar-refractivity contribution < 1.29 is 4.74 Å². The van der Waals surface area contributed by atoms with E-state index in [1.165, 1.54) is 21.5 Å². The van der Waals surface area contributed by atoms with Crippen LogP contribution in [0.15, 0.2) is 54.6 Å². The zero-order valence-corrected chi connectivity index (χ0v) is 8.81. The molecule has 0 aromatic heterocycles. The number of hydrogen-bond donors (Lipinski definition) is 0. The Hall–Kier alpha value is -2.02. The van der Waals surface area contributed by atoms with Crippen molar-refractivity contribution in [3.8, 4) is 5.75 Å². The molecule has 1 radical (unpaired) electrons. The Morgan fingerprint density at radius 3 is 2.25 bits per heavy atom. The minimum atomic E-state index is 0.795. The van der Waals surface area contributed by atoms with Crippen molar-refractivity contribution in [1.29, 1.82) is 0 Å². The summed E-state index contributed by atoms with van der Waals surface area (Å²) in [7, 11) is 3.44. The van der Waals surface area contributed by atoms with E-state index < -0.39 is 0 Å². The van der Waals surface area contributed by atoms with Crippen LogP contribution in [-0.4, -0.2) is 0 Å². The Morgan fingerprint density at radius 1 is 0.750 bits per heavy atom. The van der Waals surface area contributed by atoms with E-state index in [0.717, 1.165) is 5.75 Å². The third kappa shape index (κ3) is 1.33. The van der Waals surface area contributed by atoms with Crippen molar-refractivity contribution in [2.75, 3.05) is 0 Å². The van der Waals surface area contributed by atoms with Crippen molar-refractivity contribution in [2.45, 2.75) is 0 Å². The second-order valence-electron chi connectivity index (χ2n) is 3.81.